The molecule has 1 atom stereocenters. The predicted molar refractivity (Wildman–Crippen MR) is 125 cm³/mol. The smallest absolute Gasteiger partial charge is 0.227 e. The van der Waals surface area contributed by atoms with Gasteiger partial charge in [0.05, 0.1) is 11.3 Å². The number of nitrogens with one attached hydrogen (secondary N) is 1. The summed E-state index contributed by atoms with van der Waals surface area (Å²) in [5.74, 6) is 2.32. The molecule has 0 saturated carbocycles. The van der Waals surface area contributed by atoms with Crippen molar-refractivity contribution in [2.24, 2.45) is 5.92 Å². The van der Waals surface area contributed by atoms with E-state index in [1.54, 1.807) is 12.4 Å². The van der Waals surface area contributed by atoms with E-state index in [0.717, 1.165) is 49.9 Å². The van der Waals surface area contributed by atoms with Gasteiger partial charge in [-0.05, 0) is 42.7 Å². The van der Waals surface area contributed by atoms with Gasteiger partial charge >= 0.3 is 0 Å². The highest BCUT2D eigenvalue weighted by molar-refractivity contribution is 6.30. The van der Waals surface area contributed by atoms with Crippen LogP contribution in [0.5, 0.6) is 0 Å². The number of benzene rings is 1. The third kappa shape index (κ3) is 4.23. The number of Topliss-reactive ketones (excluding diaryl/α,β-unsaturated/α-hetero) is 1. The Morgan fingerprint density at radius 3 is 2.28 bits per heavy atom. The Morgan fingerprint density at radius 2 is 1.59 bits per heavy atom. The van der Waals surface area contributed by atoms with Crippen LogP contribution in [-0.4, -0.2) is 51.9 Å². The lowest BCUT2D eigenvalue weighted by Gasteiger charge is -2.35. The minimum atomic E-state index is 0.0906. The molecule has 1 aliphatic carbocycles. The molecule has 9 heteroatoms. The molecule has 0 spiro atoms. The molecule has 2 aromatic heterocycles. The van der Waals surface area contributed by atoms with Gasteiger partial charge in [0.25, 0.3) is 0 Å². The summed E-state index contributed by atoms with van der Waals surface area (Å²) in [6.45, 7) is 5.15. The monoisotopic (exact) mass is 449 g/mol. The fourth-order valence-electron chi connectivity index (χ4n) is 4.22. The molecular formula is C23H24ClN7O. The quantitative estimate of drug-likeness (QED) is 0.644. The summed E-state index contributed by atoms with van der Waals surface area (Å²) < 4.78 is 0. The van der Waals surface area contributed by atoms with E-state index in [2.05, 4.69) is 32.0 Å². The van der Waals surface area contributed by atoms with Crippen LogP contribution < -0.4 is 15.1 Å². The number of ketones is 1. The molecule has 3 aromatic rings. The second kappa shape index (κ2) is 8.70. The summed E-state index contributed by atoms with van der Waals surface area (Å²) in [4.78, 5) is 35.5. The number of aromatic nitrogens is 4. The summed E-state index contributed by atoms with van der Waals surface area (Å²) in [5.41, 5.74) is 2.26. The number of fused-ring (bicyclic) bond motifs is 1. The maximum absolute atomic E-state index is 12.9. The number of nitrogens with zero attached hydrogens (tertiary/aromatic N) is 6. The molecule has 1 N–H and O–H groups in total. The van der Waals surface area contributed by atoms with Crippen molar-refractivity contribution in [2.75, 3.05) is 41.3 Å². The first-order valence-corrected chi connectivity index (χ1v) is 11.2. The van der Waals surface area contributed by atoms with Crippen molar-refractivity contribution >= 4 is 40.8 Å². The number of anilines is 4. The zero-order chi connectivity index (χ0) is 22.1. The lowest BCUT2D eigenvalue weighted by atomic mass is 9.87. The van der Waals surface area contributed by atoms with Crippen LogP contribution in [0.3, 0.4) is 0 Å². The number of halogens is 1. The highest BCUT2D eigenvalue weighted by Gasteiger charge is 2.30. The van der Waals surface area contributed by atoms with E-state index >= 15 is 0 Å². The Labute approximate surface area is 191 Å². The molecule has 5 rings (SSSR count). The molecule has 1 unspecified atom stereocenters. The zero-order valence-electron chi connectivity index (χ0n) is 17.8. The van der Waals surface area contributed by atoms with Gasteiger partial charge in [-0.15, -0.1) is 0 Å². The zero-order valence-corrected chi connectivity index (χ0v) is 18.6. The third-order valence-electron chi connectivity index (χ3n) is 5.83. The molecule has 32 heavy (non-hydrogen) atoms. The van der Waals surface area contributed by atoms with Crippen molar-refractivity contribution in [1.82, 2.24) is 19.9 Å². The maximum atomic E-state index is 12.9. The van der Waals surface area contributed by atoms with Gasteiger partial charge in [0.1, 0.15) is 5.82 Å². The SMILES string of the molecule is CC1CC(=O)c2c(nc(N3CCN(c4ncccn4)CC3)nc2Nc2ccc(Cl)cc2)C1. The molecule has 0 amide bonds. The van der Waals surface area contributed by atoms with Gasteiger partial charge in [0.15, 0.2) is 5.78 Å². The van der Waals surface area contributed by atoms with E-state index in [0.29, 0.717) is 28.8 Å². The Morgan fingerprint density at radius 1 is 0.938 bits per heavy atom. The number of hydrogen-bond acceptors (Lipinski definition) is 8. The molecule has 0 bridgehead atoms. The fourth-order valence-corrected chi connectivity index (χ4v) is 4.34. The van der Waals surface area contributed by atoms with Crippen molar-refractivity contribution < 1.29 is 4.79 Å². The molecule has 0 radical (unpaired) electrons. The second-order valence-electron chi connectivity index (χ2n) is 8.29. The van der Waals surface area contributed by atoms with Gasteiger partial charge in [-0.25, -0.2) is 15.0 Å². The minimum absolute atomic E-state index is 0.0906. The van der Waals surface area contributed by atoms with Gasteiger partial charge in [0.2, 0.25) is 11.9 Å². The first-order chi connectivity index (χ1) is 15.6. The predicted octanol–water partition coefficient (Wildman–Crippen LogP) is 3.76. The number of carbonyl (C=O) groups is 1. The van der Waals surface area contributed by atoms with Crippen molar-refractivity contribution in [3.8, 4) is 0 Å². The van der Waals surface area contributed by atoms with Crippen LogP contribution in [0.2, 0.25) is 5.02 Å². The molecule has 3 heterocycles. The van der Waals surface area contributed by atoms with Crippen molar-refractivity contribution in [3.63, 3.8) is 0 Å². The second-order valence-corrected chi connectivity index (χ2v) is 8.72. The van der Waals surface area contributed by atoms with E-state index in [1.165, 1.54) is 0 Å². The van der Waals surface area contributed by atoms with Crippen LogP contribution in [0, 0.1) is 5.92 Å². The Kier molecular flexibility index (Phi) is 5.61. The molecule has 164 valence electrons. The van der Waals surface area contributed by atoms with Gasteiger partial charge in [-0.3, -0.25) is 4.79 Å². The molecular weight excluding hydrogens is 426 g/mol. The summed E-state index contributed by atoms with van der Waals surface area (Å²) in [7, 11) is 0. The molecule has 2 aliphatic rings. The van der Waals surface area contributed by atoms with E-state index < -0.39 is 0 Å². The molecule has 1 aliphatic heterocycles. The standard InChI is InChI=1S/C23H24ClN7O/c1-15-13-18-20(19(32)14-15)21(27-17-5-3-16(24)4-6-17)29-23(28-18)31-11-9-30(10-12-31)22-25-7-2-8-26-22/h2-8,15H,9-14H2,1H3,(H,27,28,29). The lowest BCUT2D eigenvalue weighted by molar-refractivity contribution is 0.0952. The van der Waals surface area contributed by atoms with Gasteiger partial charge in [-0.1, -0.05) is 18.5 Å². The van der Waals surface area contributed by atoms with Crippen LogP contribution in [-0.2, 0) is 6.42 Å². The summed E-state index contributed by atoms with van der Waals surface area (Å²) in [6.07, 6.45) is 4.80. The van der Waals surface area contributed by atoms with Crippen LogP contribution in [0.4, 0.5) is 23.4 Å². The van der Waals surface area contributed by atoms with E-state index in [1.807, 2.05) is 30.3 Å². The lowest BCUT2D eigenvalue weighted by Crippen LogP contribution is -2.48. The Hall–Kier alpha value is -3.26. The van der Waals surface area contributed by atoms with Gasteiger partial charge in [-0.2, -0.15) is 4.98 Å². The van der Waals surface area contributed by atoms with E-state index in [-0.39, 0.29) is 11.7 Å². The third-order valence-corrected chi connectivity index (χ3v) is 6.08. The van der Waals surface area contributed by atoms with Gasteiger partial charge < -0.3 is 15.1 Å². The van der Waals surface area contributed by atoms with E-state index in [9.17, 15) is 4.79 Å². The highest BCUT2D eigenvalue weighted by atomic mass is 35.5. The Bertz CT molecular complexity index is 1120. The maximum Gasteiger partial charge on any atom is 0.227 e. The first-order valence-electron chi connectivity index (χ1n) is 10.8. The van der Waals surface area contributed by atoms with Crippen molar-refractivity contribution in [3.05, 3.63) is 59.0 Å². The van der Waals surface area contributed by atoms with Crippen LogP contribution >= 0.6 is 11.6 Å². The molecule has 1 aromatic carbocycles. The van der Waals surface area contributed by atoms with Crippen molar-refractivity contribution in [1.29, 1.82) is 0 Å². The van der Waals surface area contributed by atoms with Crippen LogP contribution in [0.15, 0.2) is 42.7 Å². The number of carbonyl (C=O) groups excluding carboxylic acids is 1. The summed E-state index contributed by atoms with van der Waals surface area (Å²) in [6, 6.07) is 9.20. The minimum Gasteiger partial charge on any atom is -0.339 e. The number of hydrogen-bond donors (Lipinski definition) is 1. The highest BCUT2D eigenvalue weighted by Crippen LogP contribution is 2.32. The van der Waals surface area contributed by atoms with E-state index in [4.69, 9.17) is 21.6 Å². The molecule has 1 fully saturated rings. The molecule has 8 nitrogen and oxygen atoms in total. The topological polar surface area (TPSA) is 87.1 Å². The summed E-state index contributed by atoms with van der Waals surface area (Å²) in [5, 5.41) is 3.99. The average Bonchev–Trinajstić information content (AvgIpc) is 2.80. The summed E-state index contributed by atoms with van der Waals surface area (Å²) >= 11 is 6.02. The number of rotatable bonds is 4. The average molecular weight is 450 g/mol. The first kappa shape index (κ1) is 20.6. The Balaban J connectivity index is 1.43. The number of piperazine rings is 1. The molecule has 1 saturated heterocycles. The van der Waals surface area contributed by atoms with Crippen molar-refractivity contribution in [2.45, 2.75) is 19.8 Å². The van der Waals surface area contributed by atoms with Crippen LogP contribution in [0.25, 0.3) is 0 Å². The normalized spacial score (nSPS) is 18.4. The van der Waals surface area contributed by atoms with Crippen LogP contribution in [0.1, 0.15) is 29.4 Å². The fraction of sp³-hybridized carbons (Fsp3) is 0.348. The largest absolute Gasteiger partial charge is 0.339 e. The van der Waals surface area contributed by atoms with Gasteiger partial charge in [0, 0.05) is 55.7 Å².